The van der Waals surface area contributed by atoms with Crippen molar-refractivity contribution < 1.29 is 4.79 Å². The number of ketones is 1. The first-order valence-corrected chi connectivity index (χ1v) is 11.4. The van der Waals surface area contributed by atoms with Gasteiger partial charge in [-0.2, -0.15) is 0 Å². The van der Waals surface area contributed by atoms with Crippen LogP contribution < -0.4 is 10.6 Å². The molecule has 0 spiro atoms. The Balaban J connectivity index is 1.58. The van der Waals surface area contributed by atoms with Crippen LogP contribution in [0, 0.1) is 22.7 Å². The summed E-state index contributed by atoms with van der Waals surface area (Å²) in [5.41, 5.74) is 0.0710. The van der Waals surface area contributed by atoms with E-state index < -0.39 is 7.92 Å². The van der Waals surface area contributed by atoms with E-state index in [9.17, 15) is 4.79 Å². The van der Waals surface area contributed by atoms with Crippen LogP contribution in [0.3, 0.4) is 0 Å². The minimum absolute atomic E-state index is 0.0927. The lowest BCUT2D eigenvalue weighted by Crippen LogP contribution is -2.33. The van der Waals surface area contributed by atoms with Crippen LogP contribution in [-0.4, -0.2) is 11.9 Å². The molecule has 3 unspecified atom stereocenters. The first-order chi connectivity index (χ1) is 12.4. The monoisotopic (exact) mass is 364 g/mol. The van der Waals surface area contributed by atoms with Crippen LogP contribution in [0.4, 0.5) is 0 Å². The van der Waals surface area contributed by atoms with Crippen molar-refractivity contribution in [1.29, 1.82) is 0 Å². The molecule has 2 fully saturated rings. The van der Waals surface area contributed by atoms with Gasteiger partial charge in [-0.25, -0.2) is 0 Å². The molecule has 0 heterocycles. The zero-order valence-electron chi connectivity index (χ0n) is 16.1. The minimum Gasteiger partial charge on any atom is -0.299 e. The van der Waals surface area contributed by atoms with Crippen LogP contribution in [0.25, 0.3) is 0 Å². The summed E-state index contributed by atoms with van der Waals surface area (Å²) in [5.74, 6) is 1.39. The SMILES string of the molecule is CC12CCC(C(CCP(c3ccccc3)c3ccccc3)C1=O)C2(C)C. The van der Waals surface area contributed by atoms with Crippen molar-refractivity contribution >= 4 is 24.3 Å². The molecule has 2 aromatic rings. The fraction of sp³-hybridized carbons (Fsp3) is 0.458. The maximum atomic E-state index is 13.2. The molecular weight excluding hydrogens is 335 g/mol. The summed E-state index contributed by atoms with van der Waals surface area (Å²) in [5, 5.41) is 2.85. The Kier molecular flexibility index (Phi) is 4.56. The van der Waals surface area contributed by atoms with Crippen molar-refractivity contribution in [3.05, 3.63) is 60.7 Å². The highest BCUT2D eigenvalue weighted by atomic mass is 31.1. The summed E-state index contributed by atoms with van der Waals surface area (Å²) in [6.07, 6.45) is 4.47. The van der Waals surface area contributed by atoms with E-state index in [1.165, 1.54) is 17.0 Å². The van der Waals surface area contributed by atoms with Crippen molar-refractivity contribution in [3.8, 4) is 0 Å². The highest BCUT2D eigenvalue weighted by Gasteiger charge is 2.65. The minimum atomic E-state index is -0.395. The van der Waals surface area contributed by atoms with E-state index in [0.29, 0.717) is 11.7 Å². The van der Waals surface area contributed by atoms with Gasteiger partial charge in [0, 0.05) is 11.3 Å². The number of hydrogen-bond acceptors (Lipinski definition) is 1. The first kappa shape index (κ1) is 17.9. The molecular formula is C24H29OP. The Morgan fingerprint density at radius 2 is 1.46 bits per heavy atom. The van der Waals surface area contributed by atoms with Crippen LogP contribution in [0.2, 0.25) is 0 Å². The van der Waals surface area contributed by atoms with E-state index >= 15 is 0 Å². The zero-order chi connectivity index (χ0) is 18.4. The maximum absolute atomic E-state index is 13.2. The van der Waals surface area contributed by atoms with Crippen LogP contribution in [-0.2, 0) is 4.79 Å². The molecule has 2 saturated carbocycles. The molecule has 0 N–H and O–H groups in total. The Morgan fingerprint density at radius 1 is 0.923 bits per heavy atom. The Labute approximate surface area is 159 Å². The molecule has 0 aliphatic heterocycles. The third-order valence-corrected chi connectivity index (χ3v) is 10.0. The van der Waals surface area contributed by atoms with Crippen molar-refractivity contribution in [3.63, 3.8) is 0 Å². The summed E-state index contributed by atoms with van der Waals surface area (Å²) < 4.78 is 0. The summed E-state index contributed by atoms with van der Waals surface area (Å²) >= 11 is 0. The number of hydrogen-bond donors (Lipinski definition) is 0. The van der Waals surface area contributed by atoms with Crippen LogP contribution in [0.1, 0.15) is 40.0 Å². The number of fused-ring (bicyclic) bond motifs is 2. The highest BCUT2D eigenvalue weighted by molar-refractivity contribution is 7.73. The van der Waals surface area contributed by atoms with Gasteiger partial charge in [0.25, 0.3) is 0 Å². The second-order valence-electron chi connectivity index (χ2n) is 8.78. The fourth-order valence-electron chi connectivity index (χ4n) is 5.50. The quantitative estimate of drug-likeness (QED) is 0.671. The Bertz CT molecular complexity index is 743. The summed E-state index contributed by atoms with van der Waals surface area (Å²) in [7, 11) is -0.395. The van der Waals surface area contributed by atoms with E-state index in [-0.39, 0.29) is 16.7 Å². The van der Waals surface area contributed by atoms with E-state index in [0.717, 1.165) is 19.0 Å². The molecule has 1 nitrogen and oxygen atoms in total. The second kappa shape index (κ2) is 6.61. The molecule has 2 bridgehead atoms. The molecule has 2 heteroatoms. The van der Waals surface area contributed by atoms with E-state index in [2.05, 4.69) is 81.4 Å². The van der Waals surface area contributed by atoms with Gasteiger partial charge in [0.2, 0.25) is 0 Å². The molecule has 0 amide bonds. The van der Waals surface area contributed by atoms with Crippen molar-refractivity contribution in [1.82, 2.24) is 0 Å². The fourth-order valence-corrected chi connectivity index (χ4v) is 7.91. The standard InChI is InChI=1S/C24H29OP/c1-23(2)21-14-16-24(23,3)22(25)20(21)15-17-26(18-10-6-4-7-11-18)19-12-8-5-9-13-19/h4-13,20-21H,14-17H2,1-3H3. The largest absolute Gasteiger partial charge is 0.299 e. The van der Waals surface area contributed by atoms with Gasteiger partial charge in [0.1, 0.15) is 5.78 Å². The van der Waals surface area contributed by atoms with Crippen molar-refractivity contribution in [2.75, 3.05) is 6.16 Å². The molecule has 26 heavy (non-hydrogen) atoms. The summed E-state index contributed by atoms with van der Waals surface area (Å²) in [6.45, 7) is 6.89. The number of carbonyl (C=O) groups excluding carboxylic acids is 1. The lowest BCUT2D eigenvalue weighted by atomic mass is 9.70. The van der Waals surface area contributed by atoms with Crippen LogP contribution in [0.15, 0.2) is 60.7 Å². The van der Waals surface area contributed by atoms with Gasteiger partial charge in [-0.1, -0.05) is 81.4 Å². The van der Waals surface area contributed by atoms with Gasteiger partial charge in [-0.15, -0.1) is 0 Å². The predicted octanol–water partition coefficient (Wildman–Crippen LogP) is 5.15. The predicted molar refractivity (Wildman–Crippen MR) is 112 cm³/mol. The third kappa shape index (κ3) is 2.67. The third-order valence-electron chi connectivity index (χ3n) is 7.47. The molecule has 0 saturated heterocycles. The molecule has 0 aromatic heterocycles. The van der Waals surface area contributed by atoms with Gasteiger partial charge in [0.15, 0.2) is 0 Å². The molecule has 2 aliphatic carbocycles. The summed E-state index contributed by atoms with van der Waals surface area (Å²) in [6, 6.07) is 21.8. The average molecular weight is 364 g/mol. The van der Waals surface area contributed by atoms with Gasteiger partial charge < -0.3 is 0 Å². The smallest absolute Gasteiger partial charge is 0.142 e. The van der Waals surface area contributed by atoms with Gasteiger partial charge in [0.05, 0.1) is 0 Å². The van der Waals surface area contributed by atoms with Gasteiger partial charge >= 0.3 is 0 Å². The summed E-state index contributed by atoms with van der Waals surface area (Å²) in [4.78, 5) is 13.2. The average Bonchev–Trinajstić information content (AvgIpc) is 2.97. The highest BCUT2D eigenvalue weighted by Crippen LogP contribution is 2.66. The zero-order valence-corrected chi connectivity index (χ0v) is 17.0. The first-order valence-electron chi connectivity index (χ1n) is 9.87. The van der Waals surface area contributed by atoms with Gasteiger partial charge in [-0.05, 0) is 55.3 Å². The number of Topliss-reactive ketones (excluding diaryl/α,β-unsaturated/α-hetero) is 1. The number of rotatable bonds is 5. The Morgan fingerprint density at radius 3 is 1.92 bits per heavy atom. The van der Waals surface area contributed by atoms with Crippen molar-refractivity contribution in [2.24, 2.45) is 22.7 Å². The maximum Gasteiger partial charge on any atom is 0.142 e. The molecule has 2 aromatic carbocycles. The lowest BCUT2D eigenvalue weighted by Gasteiger charge is -2.32. The molecule has 0 radical (unpaired) electrons. The van der Waals surface area contributed by atoms with Crippen LogP contribution in [0.5, 0.6) is 0 Å². The van der Waals surface area contributed by atoms with Gasteiger partial charge in [-0.3, -0.25) is 4.79 Å². The number of carbonyl (C=O) groups is 1. The van der Waals surface area contributed by atoms with Crippen LogP contribution >= 0.6 is 7.92 Å². The second-order valence-corrected chi connectivity index (χ2v) is 11.1. The van der Waals surface area contributed by atoms with E-state index in [1.54, 1.807) is 0 Å². The number of benzene rings is 2. The van der Waals surface area contributed by atoms with E-state index in [4.69, 9.17) is 0 Å². The Hall–Kier alpha value is -1.46. The normalized spacial score (nSPS) is 29.5. The molecule has 136 valence electrons. The molecule has 3 atom stereocenters. The van der Waals surface area contributed by atoms with E-state index in [1.807, 2.05) is 0 Å². The molecule has 4 rings (SSSR count). The van der Waals surface area contributed by atoms with Crippen molar-refractivity contribution in [2.45, 2.75) is 40.0 Å². The lowest BCUT2D eigenvalue weighted by molar-refractivity contribution is -0.131. The topological polar surface area (TPSA) is 17.1 Å². The molecule has 2 aliphatic rings.